The van der Waals surface area contributed by atoms with Gasteiger partial charge >= 0.3 is 0 Å². The van der Waals surface area contributed by atoms with Crippen LogP contribution in [-0.2, 0) is 0 Å². The van der Waals surface area contributed by atoms with Crippen LogP contribution in [0.5, 0.6) is 0 Å². The number of hydrogen-bond acceptors (Lipinski definition) is 3. The number of nitrogens with two attached hydrogens (primary N) is 1. The molecule has 0 aromatic carbocycles. The lowest BCUT2D eigenvalue weighted by Gasteiger charge is -2.24. The van der Waals surface area contributed by atoms with E-state index in [4.69, 9.17) is 5.73 Å². The van der Waals surface area contributed by atoms with E-state index in [1.165, 1.54) is 11.3 Å². The minimum Gasteiger partial charge on any atom is -0.386 e. The zero-order valence-corrected chi connectivity index (χ0v) is 7.56. The van der Waals surface area contributed by atoms with Crippen LogP contribution < -0.4 is 5.73 Å². The third-order valence-electron chi connectivity index (χ3n) is 1.52. The van der Waals surface area contributed by atoms with Crippen LogP contribution in [0.4, 0.5) is 0 Å². The standard InChI is InChI=1S/C8H13NOS/c1-8(2,9)7(10)6-4-3-5-11-6/h3-5,7,10H,9H2,1-2H3/t7-/m0/s1. The molecule has 0 saturated heterocycles. The van der Waals surface area contributed by atoms with Crippen molar-refractivity contribution in [2.24, 2.45) is 5.73 Å². The molecule has 1 aromatic heterocycles. The Morgan fingerprint density at radius 3 is 2.64 bits per heavy atom. The van der Waals surface area contributed by atoms with Gasteiger partial charge in [0.1, 0.15) is 6.10 Å². The molecule has 0 aliphatic carbocycles. The summed E-state index contributed by atoms with van der Waals surface area (Å²) in [6.45, 7) is 3.63. The molecule has 62 valence electrons. The van der Waals surface area contributed by atoms with Crippen molar-refractivity contribution in [2.45, 2.75) is 25.5 Å². The number of aliphatic hydroxyl groups is 1. The zero-order chi connectivity index (χ0) is 8.48. The van der Waals surface area contributed by atoms with Gasteiger partial charge in [0, 0.05) is 10.4 Å². The van der Waals surface area contributed by atoms with Crippen LogP contribution in [0.15, 0.2) is 17.5 Å². The molecule has 0 aliphatic rings. The van der Waals surface area contributed by atoms with Gasteiger partial charge in [0.2, 0.25) is 0 Å². The van der Waals surface area contributed by atoms with E-state index >= 15 is 0 Å². The minimum atomic E-state index is -0.553. The maximum absolute atomic E-state index is 9.63. The molecule has 0 spiro atoms. The molecule has 0 amide bonds. The van der Waals surface area contributed by atoms with Crippen molar-refractivity contribution in [2.75, 3.05) is 0 Å². The maximum Gasteiger partial charge on any atom is 0.105 e. The van der Waals surface area contributed by atoms with Crippen molar-refractivity contribution in [3.8, 4) is 0 Å². The molecule has 2 nitrogen and oxygen atoms in total. The first-order chi connectivity index (χ1) is 5.02. The lowest BCUT2D eigenvalue weighted by atomic mass is 9.98. The van der Waals surface area contributed by atoms with E-state index in [-0.39, 0.29) is 0 Å². The van der Waals surface area contributed by atoms with Gasteiger partial charge in [-0.1, -0.05) is 6.07 Å². The SMILES string of the molecule is CC(C)(N)[C@@H](O)c1cccs1. The topological polar surface area (TPSA) is 46.2 Å². The third kappa shape index (κ3) is 2.02. The maximum atomic E-state index is 9.63. The highest BCUT2D eigenvalue weighted by Gasteiger charge is 2.24. The molecule has 0 unspecified atom stereocenters. The van der Waals surface area contributed by atoms with E-state index in [0.717, 1.165) is 4.88 Å². The summed E-state index contributed by atoms with van der Waals surface area (Å²) < 4.78 is 0. The largest absolute Gasteiger partial charge is 0.386 e. The Labute approximate surface area is 70.7 Å². The molecule has 11 heavy (non-hydrogen) atoms. The summed E-state index contributed by atoms with van der Waals surface area (Å²) in [6.07, 6.45) is -0.553. The van der Waals surface area contributed by atoms with Gasteiger partial charge in [-0.3, -0.25) is 0 Å². The van der Waals surface area contributed by atoms with Crippen molar-refractivity contribution >= 4 is 11.3 Å². The highest BCUT2D eigenvalue weighted by atomic mass is 32.1. The van der Waals surface area contributed by atoms with E-state index in [2.05, 4.69) is 0 Å². The Bertz CT molecular complexity index is 212. The number of thiophene rings is 1. The number of rotatable bonds is 2. The highest BCUT2D eigenvalue weighted by molar-refractivity contribution is 7.10. The van der Waals surface area contributed by atoms with Crippen LogP contribution in [0.2, 0.25) is 0 Å². The molecule has 1 aromatic rings. The van der Waals surface area contributed by atoms with Crippen molar-refractivity contribution in [3.63, 3.8) is 0 Å². The number of aliphatic hydroxyl groups excluding tert-OH is 1. The Kier molecular flexibility index (Phi) is 2.32. The second-order valence-corrected chi connectivity index (χ2v) is 4.22. The molecule has 3 N–H and O–H groups in total. The van der Waals surface area contributed by atoms with Gasteiger partial charge in [-0.05, 0) is 25.3 Å². The van der Waals surface area contributed by atoms with Gasteiger partial charge in [-0.15, -0.1) is 11.3 Å². The quantitative estimate of drug-likeness (QED) is 0.708. The fraction of sp³-hybridized carbons (Fsp3) is 0.500. The molecule has 3 heteroatoms. The van der Waals surface area contributed by atoms with Crippen LogP contribution in [0.3, 0.4) is 0 Å². The molecule has 1 atom stereocenters. The highest BCUT2D eigenvalue weighted by Crippen LogP contribution is 2.26. The second kappa shape index (κ2) is 2.93. The Morgan fingerprint density at radius 2 is 2.27 bits per heavy atom. The van der Waals surface area contributed by atoms with Crippen molar-refractivity contribution in [3.05, 3.63) is 22.4 Å². The molecular formula is C8H13NOS. The minimum absolute atomic E-state index is 0.551. The summed E-state index contributed by atoms with van der Waals surface area (Å²) in [6, 6.07) is 3.80. The van der Waals surface area contributed by atoms with E-state index in [1.54, 1.807) is 0 Å². The molecule has 0 fully saturated rings. The van der Waals surface area contributed by atoms with E-state index in [9.17, 15) is 5.11 Å². The molecular weight excluding hydrogens is 158 g/mol. The lowest BCUT2D eigenvalue weighted by Crippen LogP contribution is -2.38. The predicted octanol–water partition coefficient (Wildman–Crippen LogP) is 1.52. The molecule has 1 rings (SSSR count). The van der Waals surface area contributed by atoms with E-state index < -0.39 is 11.6 Å². The molecule has 0 aliphatic heterocycles. The van der Waals surface area contributed by atoms with Crippen LogP contribution >= 0.6 is 11.3 Å². The van der Waals surface area contributed by atoms with Crippen molar-refractivity contribution < 1.29 is 5.11 Å². The summed E-state index contributed by atoms with van der Waals surface area (Å²) in [5, 5.41) is 11.6. The van der Waals surface area contributed by atoms with Gasteiger partial charge in [0.15, 0.2) is 0 Å². The van der Waals surface area contributed by atoms with Gasteiger partial charge in [-0.25, -0.2) is 0 Å². The first kappa shape index (κ1) is 8.71. The Morgan fingerprint density at radius 1 is 1.64 bits per heavy atom. The first-order valence-electron chi connectivity index (χ1n) is 3.52. The fourth-order valence-corrected chi connectivity index (χ4v) is 1.72. The summed E-state index contributed by atoms with van der Waals surface area (Å²) in [5.74, 6) is 0. The Hall–Kier alpha value is -0.380. The zero-order valence-electron chi connectivity index (χ0n) is 6.74. The van der Waals surface area contributed by atoms with E-state index in [1.807, 2.05) is 31.4 Å². The smallest absolute Gasteiger partial charge is 0.105 e. The molecule has 0 bridgehead atoms. The molecule has 1 heterocycles. The lowest BCUT2D eigenvalue weighted by molar-refractivity contribution is 0.108. The predicted molar refractivity (Wildman–Crippen MR) is 47.5 cm³/mol. The second-order valence-electron chi connectivity index (χ2n) is 3.24. The van der Waals surface area contributed by atoms with Crippen LogP contribution in [-0.4, -0.2) is 10.6 Å². The van der Waals surface area contributed by atoms with Gasteiger partial charge in [0.25, 0.3) is 0 Å². The summed E-state index contributed by atoms with van der Waals surface area (Å²) in [4.78, 5) is 0.928. The normalized spacial score (nSPS) is 14.9. The fourth-order valence-electron chi connectivity index (χ4n) is 0.814. The van der Waals surface area contributed by atoms with Crippen molar-refractivity contribution in [1.29, 1.82) is 0 Å². The summed E-state index contributed by atoms with van der Waals surface area (Å²) in [5.41, 5.74) is 5.18. The molecule has 0 radical (unpaired) electrons. The average Bonchev–Trinajstić information content (AvgIpc) is 2.34. The van der Waals surface area contributed by atoms with Gasteiger partial charge in [0.05, 0.1) is 0 Å². The van der Waals surface area contributed by atoms with Gasteiger partial charge in [-0.2, -0.15) is 0 Å². The number of hydrogen-bond donors (Lipinski definition) is 2. The van der Waals surface area contributed by atoms with Crippen LogP contribution in [0.1, 0.15) is 24.8 Å². The Balaban J connectivity index is 2.78. The summed E-state index contributed by atoms with van der Waals surface area (Å²) >= 11 is 1.53. The van der Waals surface area contributed by atoms with Crippen molar-refractivity contribution in [1.82, 2.24) is 0 Å². The first-order valence-corrected chi connectivity index (χ1v) is 4.40. The van der Waals surface area contributed by atoms with Gasteiger partial charge < -0.3 is 10.8 Å². The van der Waals surface area contributed by atoms with Crippen LogP contribution in [0, 0.1) is 0 Å². The average molecular weight is 171 g/mol. The molecule has 0 saturated carbocycles. The third-order valence-corrected chi connectivity index (χ3v) is 2.44. The monoisotopic (exact) mass is 171 g/mol. The van der Waals surface area contributed by atoms with Crippen LogP contribution in [0.25, 0.3) is 0 Å². The summed E-state index contributed by atoms with van der Waals surface area (Å²) in [7, 11) is 0. The van der Waals surface area contributed by atoms with E-state index in [0.29, 0.717) is 0 Å².